The summed E-state index contributed by atoms with van der Waals surface area (Å²) in [5.41, 5.74) is 3.50. The van der Waals surface area contributed by atoms with Gasteiger partial charge in [0.05, 0.1) is 17.6 Å². The van der Waals surface area contributed by atoms with Crippen LogP contribution in [0.5, 0.6) is 5.75 Å². The van der Waals surface area contributed by atoms with Crippen molar-refractivity contribution in [3.8, 4) is 5.75 Å². The van der Waals surface area contributed by atoms with Crippen LogP contribution in [0.4, 0.5) is 0 Å². The van der Waals surface area contributed by atoms with Crippen molar-refractivity contribution in [2.45, 2.75) is 84.1 Å². The molecule has 1 aromatic heterocycles. The van der Waals surface area contributed by atoms with Crippen LogP contribution in [-0.4, -0.2) is 28.6 Å². The first-order valence-corrected chi connectivity index (χ1v) is 13.4. The molecule has 1 fully saturated rings. The lowest BCUT2D eigenvalue weighted by atomic mass is 9.86. The first-order valence-electron chi connectivity index (χ1n) is 13.4. The fourth-order valence-corrected chi connectivity index (χ4v) is 5.14. The van der Waals surface area contributed by atoms with Gasteiger partial charge in [-0.1, -0.05) is 70.4 Å². The van der Waals surface area contributed by atoms with Gasteiger partial charge in [0.1, 0.15) is 11.6 Å². The number of benzene rings is 2. The molecule has 0 atom stereocenters. The van der Waals surface area contributed by atoms with E-state index in [1.54, 1.807) is 0 Å². The van der Waals surface area contributed by atoms with Crippen molar-refractivity contribution in [1.82, 2.24) is 14.9 Å². The summed E-state index contributed by atoms with van der Waals surface area (Å²) in [6.07, 6.45) is 8.44. The Labute approximate surface area is 210 Å². The Morgan fingerprint density at radius 2 is 1.77 bits per heavy atom. The van der Waals surface area contributed by atoms with Gasteiger partial charge in [-0.2, -0.15) is 0 Å². The van der Waals surface area contributed by atoms with Gasteiger partial charge in [-0.3, -0.25) is 4.79 Å². The zero-order valence-corrected chi connectivity index (χ0v) is 21.7. The molecule has 188 valence electrons. The Bertz CT molecular complexity index is 1110. The third-order valence-electron chi connectivity index (χ3n) is 7.09. The number of aryl methyl sites for hydroxylation is 1. The van der Waals surface area contributed by atoms with Gasteiger partial charge in [0.2, 0.25) is 5.91 Å². The molecule has 1 heterocycles. The van der Waals surface area contributed by atoms with Gasteiger partial charge in [-0.25, -0.2) is 4.98 Å². The second kappa shape index (κ2) is 11.7. The Balaban J connectivity index is 1.31. The number of carbonyl (C=O) groups excluding carboxylic acids is 1. The molecule has 3 aromatic rings. The molecule has 5 heteroatoms. The number of rotatable bonds is 10. The quantitative estimate of drug-likeness (QED) is 0.344. The first-order chi connectivity index (χ1) is 16.9. The van der Waals surface area contributed by atoms with Gasteiger partial charge >= 0.3 is 0 Å². The summed E-state index contributed by atoms with van der Waals surface area (Å²) in [6.45, 7) is 8.91. The zero-order valence-electron chi connectivity index (χ0n) is 21.7. The van der Waals surface area contributed by atoms with E-state index in [4.69, 9.17) is 9.72 Å². The summed E-state index contributed by atoms with van der Waals surface area (Å²) in [5.74, 6) is 2.46. The molecular formula is C30H41N3O2. The van der Waals surface area contributed by atoms with Crippen LogP contribution in [0.3, 0.4) is 0 Å². The number of imidazole rings is 1. The van der Waals surface area contributed by atoms with Crippen molar-refractivity contribution < 1.29 is 9.53 Å². The van der Waals surface area contributed by atoms with Gasteiger partial charge in [0, 0.05) is 25.4 Å². The minimum Gasteiger partial charge on any atom is -0.493 e. The average molecular weight is 476 g/mol. The van der Waals surface area contributed by atoms with E-state index in [9.17, 15) is 4.79 Å². The maximum absolute atomic E-state index is 12.5. The van der Waals surface area contributed by atoms with Crippen molar-refractivity contribution in [2.24, 2.45) is 5.92 Å². The molecule has 35 heavy (non-hydrogen) atoms. The van der Waals surface area contributed by atoms with E-state index in [0.29, 0.717) is 13.2 Å². The van der Waals surface area contributed by atoms with Gasteiger partial charge < -0.3 is 14.6 Å². The SMILES string of the molecule is CC(C)(C)c1ccccc1OCCCCn1c(CCNC(=O)C2CCCCC2)nc2ccccc21. The average Bonchev–Trinajstić information content (AvgIpc) is 3.21. The van der Waals surface area contributed by atoms with Gasteiger partial charge in [0.15, 0.2) is 0 Å². The van der Waals surface area contributed by atoms with Gasteiger partial charge in [-0.15, -0.1) is 0 Å². The van der Waals surface area contributed by atoms with Crippen molar-refractivity contribution in [2.75, 3.05) is 13.2 Å². The van der Waals surface area contributed by atoms with E-state index in [2.05, 4.69) is 67.1 Å². The molecule has 0 bridgehead atoms. The van der Waals surface area contributed by atoms with Crippen LogP contribution in [0.15, 0.2) is 48.5 Å². The number of hydrogen-bond donors (Lipinski definition) is 1. The van der Waals surface area contributed by atoms with Crippen molar-refractivity contribution in [1.29, 1.82) is 0 Å². The molecule has 0 spiro atoms. The second-order valence-corrected chi connectivity index (χ2v) is 10.8. The molecule has 0 unspecified atom stereocenters. The summed E-state index contributed by atoms with van der Waals surface area (Å²) in [5, 5.41) is 3.17. The molecule has 0 aliphatic heterocycles. The Morgan fingerprint density at radius 3 is 2.57 bits per heavy atom. The summed E-state index contributed by atoms with van der Waals surface area (Å²) in [4.78, 5) is 17.4. The number of para-hydroxylation sites is 3. The van der Waals surface area contributed by atoms with Crippen LogP contribution < -0.4 is 10.1 Å². The molecule has 1 saturated carbocycles. The number of hydrogen-bond acceptors (Lipinski definition) is 3. The highest BCUT2D eigenvalue weighted by atomic mass is 16.5. The van der Waals surface area contributed by atoms with Crippen LogP contribution >= 0.6 is 0 Å². The lowest BCUT2D eigenvalue weighted by Gasteiger charge is -2.22. The topological polar surface area (TPSA) is 56.1 Å². The number of nitrogens with zero attached hydrogens (tertiary/aromatic N) is 2. The highest BCUT2D eigenvalue weighted by Crippen LogP contribution is 2.31. The predicted molar refractivity (Wildman–Crippen MR) is 143 cm³/mol. The number of unbranched alkanes of at least 4 members (excludes halogenated alkanes) is 1. The van der Waals surface area contributed by atoms with E-state index in [1.165, 1.54) is 30.3 Å². The van der Waals surface area contributed by atoms with Crippen molar-refractivity contribution in [3.05, 3.63) is 59.9 Å². The molecule has 1 amide bonds. The smallest absolute Gasteiger partial charge is 0.223 e. The second-order valence-electron chi connectivity index (χ2n) is 10.8. The van der Waals surface area contributed by atoms with Crippen LogP contribution in [0, 0.1) is 5.92 Å². The lowest BCUT2D eigenvalue weighted by Crippen LogP contribution is -2.33. The molecule has 1 N–H and O–H groups in total. The largest absolute Gasteiger partial charge is 0.493 e. The van der Waals surface area contributed by atoms with E-state index in [0.717, 1.165) is 55.7 Å². The van der Waals surface area contributed by atoms with Crippen molar-refractivity contribution >= 4 is 16.9 Å². The van der Waals surface area contributed by atoms with Crippen LogP contribution in [0.1, 0.15) is 77.1 Å². The minimum atomic E-state index is 0.0631. The molecule has 0 radical (unpaired) electrons. The summed E-state index contributed by atoms with van der Waals surface area (Å²) >= 11 is 0. The number of ether oxygens (including phenoxy) is 1. The summed E-state index contributed by atoms with van der Waals surface area (Å²) in [7, 11) is 0. The zero-order chi connectivity index (χ0) is 24.7. The van der Waals surface area contributed by atoms with Crippen molar-refractivity contribution in [3.63, 3.8) is 0 Å². The fourth-order valence-electron chi connectivity index (χ4n) is 5.14. The maximum Gasteiger partial charge on any atom is 0.223 e. The summed E-state index contributed by atoms with van der Waals surface area (Å²) in [6, 6.07) is 16.7. The molecule has 2 aromatic carbocycles. The maximum atomic E-state index is 12.5. The molecule has 4 rings (SSSR count). The predicted octanol–water partition coefficient (Wildman–Crippen LogP) is 6.43. The normalized spacial score (nSPS) is 14.8. The Hall–Kier alpha value is -2.82. The molecular weight excluding hydrogens is 434 g/mol. The highest BCUT2D eigenvalue weighted by Gasteiger charge is 2.21. The fraction of sp³-hybridized carbons (Fsp3) is 0.533. The molecule has 1 aliphatic carbocycles. The molecule has 0 saturated heterocycles. The number of amides is 1. The van der Waals surface area contributed by atoms with Crippen LogP contribution in [0.25, 0.3) is 11.0 Å². The molecule has 5 nitrogen and oxygen atoms in total. The third kappa shape index (κ3) is 6.65. The number of nitrogens with one attached hydrogen (secondary N) is 1. The summed E-state index contributed by atoms with van der Waals surface area (Å²) < 4.78 is 8.50. The first kappa shape index (κ1) is 25.3. The van der Waals surface area contributed by atoms with Gasteiger partial charge in [-0.05, 0) is 54.9 Å². The van der Waals surface area contributed by atoms with Gasteiger partial charge in [0.25, 0.3) is 0 Å². The Morgan fingerprint density at radius 1 is 1.03 bits per heavy atom. The number of aromatic nitrogens is 2. The van der Waals surface area contributed by atoms with Crippen LogP contribution in [0.2, 0.25) is 0 Å². The lowest BCUT2D eigenvalue weighted by molar-refractivity contribution is -0.125. The van der Waals surface area contributed by atoms with E-state index < -0.39 is 0 Å². The third-order valence-corrected chi connectivity index (χ3v) is 7.09. The van der Waals surface area contributed by atoms with E-state index >= 15 is 0 Å². The standard InChI is InChI=1S/C30H41N3O2/c1-30(2,3)24-15-7-10-18-27(24)35-22-12-11-21-33-26-17-9-8-16-25(26)32-28(33)19-20-31-29(34)23-13-5-4-6-14-23/h7-10,15-18,23H,4-6,11-14,19-22H2,1-3H3,(H,31,34). The highest BCUT2D eigenvalue weighted by molar-refractivity contribution is 5.78. The van der Waals surface area contributed by atoms with Crippen LogP contribution in [-0.2, 0) is 23.2 Å². The Kier molecular flexibility index (Phi) is 8.48. The van der Waals surface area contributed by atoms with E-state index in [1.807, 2.05) is 12.1 Å². The van der Waals surface area contributed by atoms with E-state index in [-0.39, 0.29) is 17.2 Å². The molecule has 1 aliphatic rings. The number of carbonyl (C=O) groups is 1. The number of fused-ring (bicyclic) bond motifs is 1. The minimum absolute atomic E-state index is 0.0631. The monoisotopic (exact) mass is 475 g/mol.